The van der Waals surface area contributed by atoms with E-state index in [0.29, 0.717) is 19.5 Å². The molecule has 1 unspecified atom stereocenters. The van der Waals surface area contributed by atoms with Gasteiger partial charge in [-0.2, -0.15) is 0 Å². The van der Waals surface area contributed by atoms with Gasteiger partial charge < -0.3 is 15.0 Å². The molecule has 1 aliphatic heterocycles. The summed E-state index contributed by atoms with van der Waals surface area (Å²) in [6.45, 7) is 8.49. The van der Waals surface area contributed by atoms with Gasteiger partial charge in [0.15, 0.2) is 0 Å². The van der Waals surface area contributed by atoms with E-state index in [2.05, 4.69) is 5.32 Å². The lowest BCUT2D eigenvalue weighted by molar-refractivity contribution is -0.129. The van der Waals surface area contributed by atoms with Gasteiger partial charge in [0.1, 0.15) is 5.60 Å². The molecule has 0 aromatic rings. The van der Waals surface area contributed by atoms with Crippen molar-refractivity contribution in [3.05, 3.63) is 12.3 Å². The van der Waals surface area contributed by atoms with E-state index in [1.54, 1.807) is 11.1 Å². The Labute approximate surface area is 108 Å². The second kappa shape index (κ2) is 5.89. The van der Waals surface area contributed by atoms with Crippen LogP contribution in [0.1, 0.15) is 34.1 Å². The van der Waals surface area contributed by atoms with Crippen LogP contribution in [0.5, 0.6) is 0 Å². The van der Waals surface area contributed by atoms with Crippen LogP contribution in [-0.4, -0.2) is 35.6 Å². The van der Waals surface area contributed by atoms with Crippen LogP contribution < -0.4 is 5.32 Å². The first kappa shape index (κ1) is 14.5. The van der Waals surface area contributed by atoms with Crippen LogP contribution >= 0.6 is 0 Å². The molecule has 0 bridgehead atoms. The molecule has 1 N–H and O–H groups in total. The van der Waals surface area contributed by atoms with Crippen molar-refractivity contribution in [1.82, 2.24) is 10.2 Å². The molecule has 1 aliphatic rings. The Bertz CT molecular complexity index is 345. The van der Waals surface area contributed by atoms with Crippen LogP contribution in [0, 0.1) is 5.92 Å². The number of ether oxygens (including phenoxy) is 1. The van der Waals surface area contributed by atoms with Gasteiger partial charge >= 0.3 is 6.09 Å². The summed E-state index contributed by atoms with van der Waals surface area (Å²) < 4.78 is 5.13. The van der Waals surface area contributed by atoms with Gasteiger partial charge in [-0.05, 0) is 27.7 Å². The van der Waals surface area contributed by atoms with Crippen LogP contribution in [0.15, 0.2) is 12.3 Å². The SMILES string of the molecule is CCN1C=CC(CNC(=O)OC(C)(C)C)CC1=O. The van der Waals surface area contributed by atoms with E-state index in [0.717, 1.165) is 0 Å². The Morgan fingerprint density at radius 3 is 2.72 bits per heavy atom. The summed E-state index contributed by atoms with van der Waals surface area (Å²) in [5.74, 6) is 0.142. The molecule has 0 aromatic carbocycles. The summed E-state index contributed by atoms with van der Waals surface area (Å²) in [6.07, 6.45) is 3.72. The lowest BCUT2D eigenvalue weighted by Crippen LogP contribution is -2.38. The zero-order valence-electron chi connectivity index (χ0n) is 11.5. The fourth-order valence-electron chi connectivity index (χ4n) is 1.67. The monoisotopic (exact) mass is 254 g/mol. The third kappa shape index (κ3) is 4.77. The average Bonchev–Trinajstić information content (AvgIpc) is 2.24. The van der Waals surface area contributed by atoms with E-state index in [1.165, 1.54) is 0 Å². The smallest absolute Gasteiger partial charge is 0.407 e. The molecular weight excluding hydrogens is 232 g/mol. The van der Waals surface area contributed by atoms with Crippen molar-refractivity contribution in [3.8, 4) is 0 Å². The molecule has 5 heteroatoms. The second-order valence-electron chi connectivity index (χ2n) is 5.37. The number of alkyl carbamates (subject to hydrolysis) is 1. The molecule has 0 saturated heterocycles. The Kier molecular flexibility index (Phi) is 4.76. The number of hydrogen-bond donors (Lipinski definition) is 1. The number of nitrogens with one attached hydrogen (secondary N) is 1. The number of hydrogen-bond acceptors (Lipinski definition) is 3. The van der Waals surface area contributed by atoms with Gasteiger partial charge in [0.25, 0.3) is 0 Å². The van der Waals surface area contributed by atoms with Gasteiger partial charge in [0.05, 0.1) is 0 Å². The van der Waals surface area contributed by atoms with E-state index in [-0.39, 0.29) is 11.8 Å². The molecule has 1 heterocycles. The minimum Gasteiger partial charge on any atom is -0.444 e. The third-order valence-electron chi connectivity index (χ3n) is 2.54. The lowest BCUT2D eigenvalue weighted by Gasteiger charge is -2.25. The van der Waals surface area contributed by atoms with Crippen molar-refractivity contribution >= 4 is 12.0 Å². The summed E-state index contributed by atoms with van der Waals surface area (Å²) in [4.78, 5) is 24.8. The summed E-state index contributed by atoms with van der Waals surface area (Å²) in [5, 5.41) is 2.68. The quantitative estimate of drug-likeness (QED) is 0.836. The van der Waals surface area contributed by atoms with Crippen molar-refractivity contribution in [3.63, 3.8) is 0 Å². The molecule has 0 aliphatic carbocycles. The highest BCUT2D eigenvalue weighted by atomic mass is 16.6. The summed E-state index contributed by atoms with van der Waals surface area (Å²) in [6, 6.07) is 0. The van der Waals surface area contributed by atoms with E-state index in [9.17, 15) is 9.59 Å². The van der Waals surface area contributed by atoms with Crippen molar-refractivity contribution in [2.24, 2.45) is 5.92 Å². The molecule has 102 valence electrons. The molecule has 0 saturated carbocycles. The normalized spacial score (nSPS) is 19.9. The van der Waals surface area contributed by atoms with Crippen LogP contribution in [0.25, 0.3) is 0 Å². The van der Waals surface area contributed by atoms with Gasteiger partial charge in [0.2, 0.25) is 5.91 Å². The zero-order chi connectivity index (χ0) is 13.8. The van der Waals surface area contributed by atoms with Gasteiger partial charge in [-0.25, -0.2) is 4.79 Å². The summed E-state index contributed by atoms with van der Waals surface area (Å²) in [5.41, 5.74) is -0.499. The van der Waals surface area contributed by atoms with Crippen molar-refractivity contribution in [2.45, 2.75) is 39.7 Å². The maximum Gasteiger partial charge on any atom is 0.407 e. The molecule has 0 aromatic heterocycles. The highest BCUT2D eigenvalue weighted by molar-refractivity contribution is 5.79. The molecule has 1 atom stereocenters. The Balaban J connectivity index is 2.37. The van der Waals surface area contributed by atoms with Crippen LogP contribution in [0.3, 0.4) is 0 Å². The Morgan fingerprint density at radius 2 is 2.22 bits per heavy atom. The zero-order valence-corrected chi connectivity index (χ0v) is 11.5. The lowest BCUT2D eigenvalue weighted by atomic mass is 10.0. The molecule has 18 heavy (non-hydrogen) atoms. The van der Waals surface area contributed by atoms with Gasteiger partial charge in [-0.15, -0.1) is 0 Å². The topological polar surface area (TPSA) is 58.6 Å². The van der Waals surface area contributed by atoms with E-state index >= 15 is 0 Å². The standard InChI is InChI=1S/C13H22N2O3/c1-5-15-7-6-10(8-11(15)16)9-14-12(17)18-13(2,3)4/h6-7,10H,5,8-9H2,1-4H3,(H,14,17). The molecular formula is C13H22N2O3. The van der Waals surface area contributed by atoms with Gasteiger partial charge in [-0.1, -0.05) is 6.08 Å². The van der Waals surface area contributed by atoms with Gasteiger partial charge in [0, 0.05) is 31.6 Å². The molecule has 0 fully saturated rings. The highest BCUT2D eigenvalue weighted by Gasteiger charge is 2.22. The highest BCUT2D eigenvalue weighted by Crippen LogP contribution is 2.14. The fraction of sp³-hybridized carbons (Fsp3) is 0.692. The summed E-state index contributed by atoms with van der Waals surface area (Å²) >= 11 is 0. The predicted molar refractivity (Wildman–Crippen MR) is 68.9 cm³/mol. The summed E-state index contributed by atoms with van der Waals surface area (Å²) in [7, 11) is 0. The number of nitrogens with zero attached hydrogens (tertiary/aromatic N) is 1. The molecule has 0 spiro atoms. The van der Waals surface area contributed by atoms with Crippen LogP contribution in [-0.2, 0) is 9.53 Å². The van der Waals surface area contributed by atoms with E-state index < -0.39 is 11.7 Å². The molecule has 1 rings (SSSR count). The van der Waals surface area contributed by atoms with Crippen LogP contribution in [0.2, 0.25) is 0 Å². The Hall–Kier alpha value is -1.52. The van der Waals surface area contributed by atoms with Gasteiger partial charge in [-0.3, -0.25) is 4.79 Å². The first-order chi connectivity index (χ1) is 8.31. The van der Waals surface area contributed by atoms with E-state index in [1.807, 2.05) is 33.8 Å². The molecule has 0 radical (unpaired) electrons. The van der Waals surface area contributed by atoms with Crippen molar-refractivity contribution in [2.75, 3.05) is 13.1 Å². The van der Waals surface area contributed by atoms with E-state index in [4.69, 9.17) is 4.74 Å². The maximum atomic E-state index is 11.6. The number of rotatable bonds is 3. The predicted octanol–water partition coefficient (Wildman–Crippen LogP) is 1.89. The number of amides is 2. The van der Waals surface area contributed by atoms with Crippen molar-refractivity contribution in [1.29, 1.82) is 0 Å². The third-order valence-corrected chi connectivity index (χ3v) is 2.54. The first-order valence-electron chi connectivity index (χ1n) is 6.26. The number of carbonyl (C=O) groups excluding carboxylic acids is 2. The number of carbonyl (C=O) groups is 2. The first-order valence-corrected chi connectivity index (χ1v) is 6.26. The van der Waals surface area contributed by atoms with Crippen molar-refractivity contribution < 1.29 is 14.3 Å². The minimum absolute atomic E-state index is 0.0489. The Morgan fingerprint density at radius 1 is 1.56 bits per heavy atom. The fourth-order valence-corrected chi connectivity index (χ4v) is 1.67. The second-order valence-corrected chi connectivity index (χ2v) is 5.37. The van der Waals surface area contributed by atoms with Crippen LogP contribution in [0.4, 0.5) is 4.79 Å². The molecule has 2 amide bonds. The maximum absolute atomic E-state index is 11.6. The minimum atomic E-state index is -0.499. The largest absolute Gasteiger partial charge is 0.444 e. The molecule has 5 nitrogen and oxygen atoms in total. The average molecular weight is 254 g/mol.